The summed E-state index contributed by atoms with van der Waals surface area (Å²) in [7, 11) is -3.85. The zero-order valence-electron chi connectivity index (χ0n) is 6.06. The first-order chi connectivity index (χ1) is 4.61. The minimum atomic E-state index is -3.85. The van der Waals surface area contributed by atoms with Gasteiger partial charge in [-0.25, -0.2) is 0 Å². The summed E-state index contributed by atoms with van der Waals surface area (Å²) in [5, 5.41) is 2.80. The van der Waals surface area contributed by atoms with Gasteiger partial charge in [0.2, 0.25) is 0 Å². The van der Waals surface area contributed by atoms with Gasteiger partial charge in [0.15, 0.2) is 0 Å². The van der Waals surface area contributed by atoms with Crippen molar-refractivity contribution in [3.05, 3.63) is 0 Å². The highest BCUT2D eigenvalue weighted by Crippen LogP contribution is 2.42. The molecule has 1 saturated heterocycles. The van der Waals surface area contributed by atoms with Crippen LogP contribution in [0.4, 0.5) is 0 Å². The summed E-state index contributed by atoms with van der Waals surface area (Å²) in [4.78, 5) is 17.4. The fourth-order valence-corrected chi connectivity index (χ4v) is 2.01. The molecule has 1 heterocycles. The fourth-order valence-electron chi connectivity index (χ4n) is 1.12. The van der Waals surface area contributed by atoms with E-state index < -0.39 is 13.4 Å². The number of hydrogen-bond acceptors (Lipinski definition) is 2. The molecular weight excluding hydrogens is 188 g/mol. The second-order valence-corrected chi connectivity index (χ2v) is 4.36. The van der Waals surface area contributed by atoms with E-state index in [9.17, 15) is 4.57 Å². The Labute approximate surface area is 71.9 Å². The van der Waals surface area contributed by atoms with E-state index >= 15 is 0 Å². The van der Waals surface area contributed by atoms with Crippen LogP contribution in [0, 0.1) is 0 Å². The molecule has 1 unspecified atom stereocenters. The Morgan fingerprint density at radius 1 is 1.36 bits per heavy atom. The summed E-state index contributed by atoms with van der Waals surface area (Å²) in [5.41, 5.74) is 0. The number of piperidine rings is 1. The molecule has 1 aliphatic rings. The smallest absolute Gasteiger partial charge is 0.323 e. The summed E-state index contributed by atoms with van der Waals surface area (Å²) < 4.78 is 10.6. The fraction of sp³-hybridized carbons (Fsp3) is 1.00. The average molecular weight is 202 g/mol. The largest absolute Gasteiger partial charge is 0.342 e. The first-order valence-electron chi connectivity index (χ1n) is 3.39. The van der Waals surface area contributed by atoms with Crippen LogP contribution in [0.3, 0.4) is 0 Å². The summed E-state index contributed by atoms with van der Waals surface area (Å²) in [6, 6.07) is 0. The van der Waals surface area contributed by atoms with Crippen LogP contribution in [0.15, 0.2) is 0 Å². The van der Waals surface area contributed by atoms with Crippen molar-refractivity contribution < 1.29 is 14.4 Å². The molecule has 4 nitrogen and oxygen atoms in total. The zero-order chi connectivity index (χ0) is 7.61. The SMILES string of the molecule is Cl.O=P(O)(O)C1CCCCN1. The van der Waals surface area contributed by atoms with Gasteiger partial charge in [-0.2, -0.15) is 0 Å². The van der Waals surface area contributed by atoms with Gasteiger partial charge in [0.25, 0.3) is 0 Å². The van der Waals surface area contributed by atoms with E-state index in [1.54, 1.807) is 0 Å². The third kappa shape index (κ3) is 3.54. The van der Waals surface area contributed by atoms with Gasteiger partial charge in [0.1, 0.15) is 5.78 Å². The van der Waals surface area contributed by atoms with Crippen molar-refractivity contribution in [3.63, 3.8) is 0 Å². The Balaban J connectivity index is 0.000001000. The van der Waals surface area contributed by atoms with Gasteiger partial charge in [0, 0.05) is 0 Å². The molecule has 6 heteroatoms. The topological polar surface area (TPSA) is 69.6 Å². The predicted molar refractivity (Wildman–Crippen MR) is 44.9 cm³/mol. The van der Waals surface area contributed by atoms with Gasteiger partial charge in [-0.15, -0.1) is 12.4 Å². The molecule has 0 saturated carbocycles. The number of hydrogen-bond donors (Lipinski definition) is 3. The monoisotopic (exact) mass is 201 g/mol. The Morgan fingerprint density at radius 2 is 2.00 bits per heavy atom. The molecule has 0 aliphatic carbocycles. The van der Waals surface area contributed by atoms with E-state index in [4.69, 9.17) is 9.79 Å². The molecular formula is C5H13ClNO3P. The highest BCUT2D eigenvalue weighted by molar-refractivity contribution is 7.52. The van der Waals surface area contributed by atoms with Gasteiger partial charge in [0.05, 0.1) is 0 Å². The maximum atomic E-state index is 10.6. The molecule has 0 spiro atoms. The van der Waals surface area contributed by atoms with Gasteiger partial charge in [-0.05, 0) is 25.8 Å². The van der Waals surface area contributed by atoms with Crippen LogP contribution in [0.2, 0.25) is 0 Å². The van der Waals surface area contributed by atoms with Crippen molar-refractivity contribution in [1.29, 1.82) is 0 Å². The quantitative estimate of drug-likeness (QED) is 0.546. The van der Waals surface area contributed by atoms with Crippen molar-refractivity contribution in [3.8, 4) is 0 Å². The minimum Gasteiger partial charge on any atom is -0.323 e. The number of halogens is 1. The van der Waals surface area contributed by atoms with Crippen molar-refractivity contribution >= 4 is 20.0 Å². The molecule has 68 valence electrons. The number of nitrogens with one attached hydrogen (secondary N) is 1. The molecule has 11 heavy (non-hydrogen) atoms. The van der Waals surface area contributed by atoms with Crippen LogP contribution in [0.25, 0.3) is 0 Å². The van der Waals surface area contributed by atoms with Crippen LogP contribution < -0.4 is 5.32 Å². The van der Waals surface area contributed by atoms with Gasteiger partial charge in [-0.3, -0.25) is 4.57 Å². The highest BCUT2D eigenvalue weighted by Gasteiger charge is 2.29. The minimum absolute atomic E-state index is 0. The Bertz CT molecular complexity index is 154. The number of rotatable bonds is 1. The molecule has 0 aromatic heterocycles. The molecule has 1 fully saturated rings. The third-order valence-corrected chi connectivity index (χ3v) is 2.94. The van der Waals surface area contributed by atoms with Gasteiger partial charge >= 0.3 is 7.60 Å². The second kappa shape index (κ2) is 4.43. The molecule has 0 aromatic carbocycles. The Morgan fingerprint density at radius 3 is 2.27 bits per heavy atom. The standard InChI is InChI=1S/C5H12NO3P.ClH/c7-10(8,9)5-3-1-2-4-6-5;/h5-6H,1-4H2,(H2,7,8,9);1H. The molecule has 0 bridgehead atoms. The maximum Gasteiger partial charge on any atom is 0.342 e. The lowest BCUT2D eigenvalue weighted by Gasteiger charge is -2.23. The normalized spacial score (nSPS) is 25.8. The predicted octanol–water partition coefficient (Wildman–Crippen LogP) is 0.685. The summed E-state index contributed by atoms with van der Waals surface area (Å²) in [5.74, 6) is -0.582. The Hall–Kier alpha value is 0.400. The van der Waals surface area contributed by atoms with Crippen molar-refractivity contribution in [1.82, 2.24) is 5.32 Å². The third-order valence-electron chi connectivity index (χ3n) is 1.69. The van der Waals surface area contributed by atoms with Crippen LogP contribution >= 0.6 is 20.0 Å². The molecule has 0 aromatic rings. The van der Waals surface area contributed by atoms with Crippen molar-refractivity contribution in [2.75, 3.05) is 6.54 Å². The van der Waals surface area contributed by atoms with E-state index in [0.717, 1.165) is 19.4 Å². The second-order valence-electron chi connectivity index (χ2n) is 2.55. The van der Waals surface area contributed by atoms with E-state index in [2.05, 4.69) is 5.32 Å². The van der Waals surface area contributed by atoms with Crippen LogP contribution in [0.1, 0.15) is 19.3 Å². The van der Waals surface area contributed by atoms with E-state index in [1.807, 2.05) is 0 Å². The van der Waals surface area contributed by atoms with Crippen LogP contribution in [-0.2, 0) is 4.57 Å². The molecule has 0 radical (unpaired) electrons. The highest BCUT2D eigenvalue weighted by atomic mass is 35.5. The molecule has 0 amide bonds. The molecule has 3 N–H and O–H groups in total. The Kier molecular flexibility index (Phi) is 4.59. The van der Waals surface area contributed by atoms with E-state index in [0.29, 0.717) is 6.42 Å². The lowest BCUT2D eigenvalue weighted by atomic mass is 10.2. The summed E-state index contributed by atoms with van der Waals surface area (Å²) in [6.07, 6.45) is 2.55. The summed E-state index contributed by atoms with van der Waals surface area (Å²) in [6.45, 7) is 0.732. The first-order valence-corrected chi connectivity index (χ1v) is 5.07. The van der Waals surface area contributed by atoms with Crippen LogP contribution in [0.5, 0.6) is 0 Å². The average Bonchev–Trinajstić information content (AvgIpc) is 1.88. The van der Waals surface area contributed by atoms with Gasteiger partial charge < -0.3 is 15.1 Å². The molecule has 1 rings (SSSR count). The van der Waals surface area contributed by atoms with E-state index in [-0.39, 0.29) is 12.4 Å². The summed E-state index contributed by atoms with van der Waals surface area (Å²) >= 11 is 0. The van der Waals surface area contributed by atoms with Gasteiger partial charge in [-0.1, -0.05) is 0 Å². The lowest BCUT2D eigenvalue weighted by Crippen LogP contribution is -2.33. The molecule has 1 aliphatic heterocycles. The van der Waals surface area contributed by atoms with E-state index in [1.165, 1.54) is 0 Å². The first kappa shape index (κ1) is 11.4. The zero-order valence-corrected chi connectivity index (χ0v) is 7.77. The lowest BCUT2D eigenvalue weighted by molar-refractivity contribution is 0.327. The van der Waals surface area contributed by atoms with Crippen molar-refractivity contribution in [2.45, 2.75) is 25.0 Å². The molecule has 1 atom stereocenters. The van der Waals surface area contributed by atoms with Crippen molar-refractivity contribution in [2.24, 2.45) is 0 Å². The van der Waals surface area contributed by atoms with Crippen LogP contribution in [-0.4, -0.2) is 22.1 Å². The maximum absolute atomic E-state index is 10.6.